The first-order valence-corrected chi connectivity index (χ1v) is 8.14. The SMILES string of the molecule is CC(OC=O)c1c[nH]c2ccc(C(=O)CN3CCCCC3)cc12. The lowest BCUT2D eigenvalue weighted by Gasteiger charge is -2.25. The van der Waals surface area contributed by atoms with Crippen LogP contribution >= 0.6 is 0 Å². The van der Waals surface area contributed by atoms with Crippen molar-refractivity contribution in [1.82, 2.24) is 9.88 Å². The van der Waals surface area contributed by atoms with Gasteiger partial charge in [-0.2, -0.15) is 0 Å². The lowest BCUT2D eigenvalue weighted by atomic mass is 10.0. The third-order valence-electron chi connectivity index (χ3n) is 4.55. The molecule has 122 valence electrons. The number of ether oxygens (including phenoxy) is 1. The van der Waals surface area contributed by atoms with E-state index in [1.807, 2.05) is 31.3 Å². The van der Waals surface area contributed by atoms with Crippen molar-refractivity contribution in [2.24, 2.45) is 0 Å². The number of nitrogens with zero attached hydrogens (tertiary/aromatic N) is 1. The summed E-state index contributed by atoms with van der Waals surface area (Å²) in [6.45, 7) is 4.76. The Hall–Kier alpha value is -2.14. The van der Waals surface area contributed by atoms with Crippen LogP contribution in [0, 0.1) is 0 Å². The molecule has 5 heteroatoms. The van der Waals surface area contributed by atoms with Gasteiger partial charge >= 0.3 is 0 Å². The number of aromatic amines is 1. The molecule has 1 aromatic carbocycles. The molecule has 1 atom stereocenters. The van der Waals surface area contributed by atoms with Crippen molar-refractivity contribution in [1.29, 1.82) is 0 Å². The first-order chi connectivity index (χ1) is 11.2. The maximum absolute atomic E-state index is 12.5. The summed E-state index contributed by atoms with van der Waals surface area (Å²) in [4.78, 5) is 28.5. The number of Topliss-reactive ketones (excluding diaryl/α,β-unsaturated/α-hetero) is 1. The smallest absolute Gasteiger partial charge is 0.293 e. The Bertz CT molecular complexity index is 701. The molecule has 1 aliphatic heterocycles. The highest BCUT2D eigenvalue weighted by Crippen LogP contribution is 2.27. The van der Waals surface area contributed by atoms with Crippen LogP contribution in [0.15, 0.2) is 24.4 Å². The fourth-order valence-electron chi connectivity index (χ4n) is 3.22. The van der Waals surface area contributed by atoms with E-state index in [0.717, 1.165) is 29.6 Å². The predicted octanol–water partition coefficient (Wildman–Crippen LogP) is 3.07. The predicted molar refractivity (Wildman–Crippen MR) is 88.5 cm³/mol. The topological polar surface area (TPSA) is 62.4 Å². The second-order valence-corrected chi connectivity index (χ2v) is 6.14. The number of piperidine rings is 1. The number of hydrogen-bond acceptors (Lipinski definition) is 4. The minimum Gasteiger partial charge on any atom is -0.460 e. The van der Waals surface area contributed by atoms with Gasteiger partial charge in [-0.1, -0.05) is 6.42 Å². The van der Waals surface area contributed by atoms with Gasteiger partial charge in [-0.15, -0.1) is 0 Å². The Morgan fingerprint density at radius 1 is 1.35 bits per heavy atom. The maximum atomic E-state index is 12.5. The standard InChI is InChI=1S/C18H22N2O3/c1-13(23-12-21)16-10-19-17-6-5-14(9-15(16)17)18(22)11-20-7-3-2-4-8-20/h5-6,9-10,12-13,19H,2-4,7-8,11H2,1H3. The molecular formula is C18H22N2O3. The van der Waals surface area contributed by atoms with E-state index in [1.54, 1.807) is 0 Å². The van der Waals surface area contributed by atoms with Crippen molar-refractivity contribution in [2.45, 2.75) is 32.3 Å². The van der Waals surface area contributed by atoms with Crippen molar-refractivity contribution in [3.05, 3.63) is 35.5 Å². The number of carbonyl (C=O) groups is 2. The molecule has 3 rings (SSSR count). The Labute approximate surface area is 135 Å². The molecule has 0 spiro atoms. The fourth-order valence-corrected chi connectivity index (χ4v) is 3.22. The molecule has 0 aliphatic carbocycles. The number of aromatic nitrogens is 1. The zero-order chi connectivity index (χ0) is 16.2. The number of fused-ring (bicyclic) bond motifs is 1. The van der Waals surface area contributed by atoms with Crippen LogP contribution in [-0.2, 0) is 9.53 Å². The largest absolute Gasteiger partial charge is 0.460 e. The van der Waals surface area contributed by atoms with Crippen LogP contribution in [0.1, 0.15) is 48.2 Å². The van der Waals surface area contributed by atoms with Crippen molar-refractivity contribution in [3.63, 3.8) is 0 Å². The molecule has 1 aromatic heterocycles. The zero-order valence-corrected chi connectivity index (χ0v) is 13.4. The van der Waals surface area contributed by atoms with E-state index in [4.69, 9.17) is 4.74 Å². The van der Waals surface area contributed by atoms with Crippen LogP contribution in [0.25, 0.3) is 10.9 Å². The lowest BCUT2D eigenvalue weighted by molar-refractivity contribution is -0.133. The minimum atomic E-state index is -0.339. The molecule has 1 unspecified atom stereocenters. The van der Waals surface area contributed by atoms with E-state index in [2.05, 4.69) is 9.88 Å². The fraction of sp³-hybridized carbons (Fsp3) is 0.444. The Balaban J connectivity index is 1.81. The number of H-pyrrole nitrogens is 1. The van der Waals surface area contributed by atoms with Crippen molar-refractivity contribution in [3.8, 4) is 0 Å². The van der Waals surface area contributed by atoms with Crippen molar-refractivity contribution in [2.75, 3.05) is 19.6 Å². The van der Waals surface area contributed by atoms with E-state index < -0.39 is 0 Å². The number of rotatable bonds is 6. The number of hydrogen-bond donors (Lipinski definition) is 1. The summed E-state index contributed by atoms with van der Waals surface area (Å²) in [5.74, 6) is 0.143. The first kappa shape index (κ1) is 15.7. The van der Waals surface area contributed by atoms with Gasteiger partial charge in [0.2, 0.25) is 0 Å². The second kappa shape index (κ2) is 6.96. The highest BCUT2D eigenvalue weighted by atomic mass is 16.5. The van der Waals surface area contributed by atoms with Crippen LogP contribution in [0.4, 0.5) is 0 Å². The van der Waals surface area contributed by atoms with Gasteiger partial charge in [0.25, 0.3) is 6.47 Å². The molecule has 1 saturated heterocycles. The summed E-state index contributed by atoms with van der Waals surface area (Å²) in [7, 11) is 0. The maximum Gasteiger partial charge on any atom is 0.293 e. The molecule has 2 heterocycles. The van der Waals surface area contributed by atoms with Gasteiger partial charge in [-0.25, -0.2) is 0 Å². The highest BCUT2D eigenvalue weighted by Gasteiger charge is 2.17. The molecule has 0 saturated carbocycles. The van der Waals surface area contributed by atoms with Gasteiger partial charge in [0.15, 0.2) is 5.78 Å². The summed E-state index contributed by atoms with van der Waals surface area (Å²) in [6.07, 6.45) is 5.10. The van der Waals surface area contributed by atoms with Crippen LogP contribution in [-0.4, -0.2) is 41.8 Å². The van der Waals surface area contributed by atoms with E-state index in [0.29, 0.717) is 18.6 Å². The zero-order valence-electron chi connectivity index (χ0n) is 13.4. The monoisotopic (exact) mass is 314 g/mol. The molecule has 1 aliphatic rings. The second-order valence-electron chi connectivity index (χ2n) is 6.14. The molecule has 0 amide bonds. The summed E-state index contributed by atoms with van der Waals surface area (Å²) in [5.41, 5.74) is 2.54. The number of ketones is 1. The van der Waals surface area contributed by atoms with Crippen LogP contribution < -0.4 is 0 Å². The average Bonchev–Trinajstić information content (AvgIpc) is 2.99. The van der Waals surface area contributed by atoms with Crippen LogP contribution in [0.5, 0.6) is 0 Å². The van der Waals surface area contributed by atoms with Gasteiger partial charge in [0.1, 0.15) is 6.10 Å². The van der Waals surface area contributed by atoms with E-state index >= 15 is 0 Å². The molecule has 2 aromatic rings. The molecular weight excluding hydrogens is 292 g/mol. The summed E-state index contributed by atoms with van der Waals surface area (Å²) in [5, 5.41) is 0.934. The van der Waals surface area contributed by atoms with Gasteiger partial charge in [0.05, 0.1) is 6.54 Å². The van der Waals surface area contributed by atoms with Gasteiger partial charge in [-0.3, -0.25) is 14.5 Å². The summed E-state index contributed by atoms with van der Waals surface area (Å²) >= 11 is 0. The average molecular weight is 314 g/mol. The third-order valence-corrected chi connectivity index (χ3v) is 4.55. The van der Waals surface area contributed by atoms with Gasteiger partial charge in [-0.05, 0) is 51.1 Å². The van der Waals surface area contributed by atoms with E-state index in [9.17, 15) is 9.59 Å². The molecule has 0 radical (unpaired) electrons. The minimum absolute atomic E-state index is 0.143. The lowest BCUT2D eigenvalue weighted by Crippen LogP contribution is -2.34. The molecule has 0 bridgehead atoms. The highest BCUT2D eigenvalue weighted by molar-refractivity contribution is 6.01. The van der Waals surface area contributed by atoms with Crippen molar-refractivity contribution >= 4 is 23.2 Å². The van der Waals surface area contributed by atoms with Crippen molar-refractivity contribution < 1.29 is 14.3 Å². The molecule has 23 heavy (non-hydrogen) atoms. The van der Waals surface area contributed by atoms with Gasteiger partial charge < -0.3 is 9.72 Å². The molecule has 5 nitrogen and oxygen atoms in total. The molecule has 1 fully saturated rings. The van der Waals surface area contributed by atoms with Crippen LogP contribution in [0.2, 0.25) is 0 Å². The number of likely N-dealkylation sites (tertiary alicyclic amines) is 1. The Kier molecular flexibility index (Phi) is 4.76. The van der Waals surface area contributed by atoms with Gasteiger partial charge in [0, 0.05) is 28.2 Å². The molecule has 1 N–H and O–H groups in total. The Morgan fingerprint density at radius 2 is 2.13 bits per heavy atom. The van der Waals surface area contributed by atoms with Crippen LogP contribution in [0.3, 0.4) is 0 Å². The summed E-state index contributed by atoms with van der Waals surface area (Å²) < 4.78 is 5.02. The van der Waals surface area contributed by atoms with E-state index in [1.165, 1.54) is 19.3 Å². The van der Waals surface area contributed by atoms with E-state index in [-0.39, 0.29) is 11.9 Å². The normalized spacial score (nSPS) is 17.1. The number of benzene rings is 1. The Morgan fingerprint density at radius 3 is 2.87 bits per heavy atom. The summed E-state index contributed by atoms with van der Waals surface area (Å²) in [6, 6.07) is 5.67. The number of carbonyl (C=O) groups excluding carboxylic acids is 2. The quantitative estimate of drug-likeness (QED) is 0.657. The first-order valence-electron chi connectivity index (χ1n) is 8.14. The third kappa shape index (κ3) is 3.45. The number of nitrogens with one attached hydrogen (secondary N) is 1.